The zero-order valence-electron chi connectivity index (χ0n) is 12.0. The fourth-order valence-electron chi connectivity index (χ4n) is 2.86. The van der Waals surface area contributed by atoms with Gasteiger partial charge in [-0.2, -0.15) is 0 Å². The number of benzene rings is 2. The molecule has 0 aromatic heterocycles. The molecule has 4 nitrogen and oxygen atoms in total. The first kappa shape index (κ1) is 14.8. The number of amides is 1. The molecular formula is C17H17NO3S. The lowest BCUT2D eigenvalue weighted by Gasteiger charge is -2.32. The molecule has 2 aromatic carbocycles. The van der Waals surface area contributed by atoms with Crippen LogP contribution < -0.4 is 5.32 Å². The van der Waals surface area contributed by atoms with E-state index in [1.165, 1.54) is 0 Å². The zero-order chi connectivity index (χ0) is 15.6. The summed E-state index contributed by atoms with van der Waals surface area (Å²) in [5.74, 6) is -0.103. The van der Waals surface area contributed by atoms with Crippen LogP contribution in [0.3, 0.4) is 0 Å². The van der Waals surface area contributed by atoms with E-state index >= 15 is 0 Å². The normalized spacial score (nSPS) is 22.1. The summed E-state index contributed by atoms with van der Waals surface area (Å²) in [6.45, 7) is 0. The van der Waals surface area contributed by atoms with Crippen molar-refractivity contribution in [2.24, 2.45) is 0 Å². The van der Waals surface area contributed by atoms with E-state index in [-0.39, 0.29) is 12.3 Å². The number of piperidine rings is 1. The molecule has 22 heavy (non-hydrogen) atoms. The van der Waals surface area contributed by atoms with Gasteiger partial charge in [0.2, 0.25) is 5.91 Å². The van der Waals surface area contributed by atoms with E-state index < -0.39 is 21.1 Å². The number of carbonyl (C=O) groups is 1. The van der Waals surface area contributed by atoms with Gasteiger partial charge in [-0.25, -0.2) is 8.42 Å². The molecule has 114 valence electrons. The van der Waals surface area contributed by atoms with Crippen LogP contribution in [0.4, 0.5) is 0 Å². The Morgan fingerprint density at radius 2 is 1.50 bits per heavy atom. The second kappa shape index (κ2) is 5.93. The highest BCUT2D eigenvalue weighted by Crippen LogP contribution is 2.32. The Morgan fingerprint density at radius 3 is 2.14 bits per heavy atom. The maximum absolute atomic E-state index is 12.9. The molecule has 3 rings (SSSR count). The van der Waals surface area contributed by atoms with Crippen molar-refractivity contribution in [1.82, 2.24) is 5.32 Å². The van der Waals surface area contributed by atoms with Gasteiger partial charge < -0.3 is 5.32 Å². The third-order valence-electron chi connectivity index (χ3n) is 3.97. The van der Waals surface area contributed by atoms with Gasteiger partial charge in [-0.3, -0.25) is 4.79 Å². The molecule has 0 spiro atoms. The molecule has 1 fully saturated rings. The monoisotopic (exact) mass is 315 g/mol. The zero-order valence-corrected chi connectivity index (χ0v) is 12.8. The SMILES string of the molecule is O=C1CC[C@H](S(=O)(=O)c2ccccc2)[C@@H](c2ccccc2)N1. The quantitative estimate of drug-likeness (QED) is 0.946. The van der Waals surface area contributed by atoms with Crippen molar-refractivity contribution in [2.45, 2.75) is 29.0 Å². The Labute approximate surface area is 130 Å². The summed E-state index contributed by atoms with van der Waals surface area (Å²) in [6, 6.07) is 17.2. The fourth-order valence-corrected chi connectivity index (χ4v) is 4.75. The van der Waals surface area contributed by atoms with E-state index in [4.69, 9.17) is 0 Å². The highest BCUT2D eigenvalue weighted by Gasteiger charge is 2.39. The van der Waals surface area contributed by atoms with Crippen LogP contribution in [0.5, 0.6) is 0 Å². The molecule has 0 radical (unpaired) electrons. The van der Waals surface area contributed by atoms with Gasteiger partial charge in [-0.1, -0.05) is 48.5 Å². The van der Waals surface area contributed by atoms with Gasteiger partial charge in [-0.05, 0) is 24.1 Å². The Balaban J connectivity index is 2.02. The molecule has 2 atom stereocenters. The molecule has 1 amide bonds. The number of sulfone groups is 1. The van der Waals surface area contributed by atoms with Crippen LogP contribution in [0.15, 0.2) is 65.6 Å². The minimum atomic E-state index is -3.50. The summed E-state index contributed by atoms with van der Waals surface area (Å²) in [7, 11) is -3.50. The fraction of sp³-hybridized carbons (Fsp3) is 0.235. The highest BCUT2D eigenvalue weighted by molar-refractivity contribution is 7.92. The molecule has 5 heteroatoms. The largest absolute Gasteiger partial charge is 0.348 e. The first-order valence-electron chi connectivity index (χ1n) is 7.22. The van der Waals surface area contributed by atoms with Gasteiger partial charge in [0.15, 0.2) is 9.84 Å². The predicted octanol–water partition coefficient (Wildman–Crippen LogP) is 2.48. The Bertz CT molecular complexity index is 757. The Kier molecular flexibility index (Phi) is 3.98. The highest BCUT2D eigenvalue weighted by atomic mass is 32.2. The standard InChI is InChI=1S/C17H17NO3S/c19-16-12-11-15(17(18-16)13-7-3-1-4-8-13)22(20,21)14-9-5-2-6-10-14/h1-10,15,17H,11-12H2,(H,18,19)/t15-,17+/m0/s1. The molecule has 1 N–H and O–H groups in total. The second-order valence-electron chi connectivity index (χ2n) is 5.39. The maximum Gasteiger partial charge on any atom is 0.220 e. The van der Waals surface area contributed by atoms with Gasteiger partial charge in [-0.15, -0.1) is 0 Å². The molecule has 0 unspecified atom stereocenters. The second-order valence-corrected chi connectivity index (χ2v) is 7.56. The number of nitrogens with one attached hydrogen (secondary N) is 1. The van der Waals surface area contributed by atoms with Gasteiger partial charge in [0.25, 0.3) is 0 Å². The van der Waals surface area contributed by atoms with Crippen LogP contribution >= 0.6 is 0 Å². The average molecular weight is 315 g/mol. The minimum absolute atomic E-state index is 0.103. The molecule has 0 saturated carbocycles. The van der Waals surface area contributed by atoms with Crippen molar-refractivity contribution in [1.29, 1.82) is 0 Å². The lowest BCUT2D eigenvalue weighted by molar-refractivity contribution is -0.123. The lowest BCUT2D eigenvalue weighted by Crippen LogP contribution is -2.45. The molecule has 1 saturated heterocycles. The van der Waals surface area contributed by atoms with E-state index in [0.29, 0.717) is 11.3 Å². The van der Waals surface area contributed by atoms with Crippen molar-refractivity contribution < 1.29 is 13.2 Å². The molecule has 1 heterocycles. The number of carbonyl (C=O) groups excluding carboxylic acids is 1. The molecule has 2 aromatic rings. The summed E-state index contributed by atoms with van der Waals surface area (Å²) in [5, 5.41) is 2.20. The van der Waals surface area contributed by atoms with E-state index in [0.717, 1.165) is 5.56 Å². The van der Waals surface area contributed by atoms with Crippen molar-refractivity contribution >= 4 is 15.7 Å². The Hall–Kier alpha value is -2.14. The first-order valence-corrected chi connectivity index (χ1v) is 8.77. The van der Waals surface area contributed by atoms with E-state index in [9.17, 15) is 13.2 Å². The van der Waals surface area contributed by atoms with Crippen molar-refractivity contribution in [3.63, 3.8) is 0 Å². The number of hydrogen-bond donors (Lipinski definition) is 1. The molecule has 0 bridgehead atoms. The van der Waals surface area contributed by atoms with Crippen LogP contribution in [0.1, 0.15) is 24.4 Å². The van der Waals surface area contributed by atoms with Crippen molar-refractivity contribution in [3.05, 3.63) is 66.2 Å². The summed E-state index contributed by atoms with van der Waals surface area (Å²) < 4.78 is 25.9. The summed E-state index contributed by atoms with van der Waals surface area (Å²) >= 11 is 0. The van der Waals surface area contributed by atoms with Gasteiger partial charge in [0.05, 0.1) is 16.2 Å². The smallest absolute Gasteiger partial charge is 0.220 e. The van der Waals surface area contributed by atoms with Crippen molar-refractivity contribution in [2.75, 3.05) is 0 Å². The third-order valence-corrected chi connectivity index (χ3v) is 6.21. The summed E-state index contributed by atoms with van der Waals surface area (Å²) in [4.78, 5) is 12.1. The van der Waals surface area contributed by atoms with Crippen LogP contribution in [0.25, 0.3) is 0 Å². The minimum Gasteiger partial charge on any atom is -0.348 e. The van der Waals surface area contributed by atoms with Crippen LogP contribution in [0.2, 0.25) is 0 Å². The first-order chi connectivity index (χ1) is 10.6. The van der Waals surface area contributed by atoms with Gasteiger partial charge >= 0.3 is 0 Å². The number of hydrogen-bond acceptors (Lipinski definition) is 3. The topological polar surface area (TPSA) is 63.2 Å². The van der Waals surface area contributed by atoms with Crippen LogP contribution in [0, 0.1) is 0 Å². The predicted molar refractivity (Wildman–Crippen MR) is 84.0 cm³/mol. The lowest BCUT2D eigenvalue weighted by atomic mass is 9.97. The van der Waals surface area contributed by atoms with Crippen molar-refractivity contribution in [3.8, 4) is 0 Å². The third kappa shape index (κ3) is 2.76. The van der Waals surface area contributed by atoms with Crippen LogP contribution in [-0.4, -0.2) is 19.6 Å². The summed E-state index contributed by atoms with van der Waals surface area (Å²) in [6.07, 6.45) is 0.572. The Morgan fingerprint density at radius 1 is 0.909 bits per heavy atom. The molecule has 1 aliphatic heterocycles. The molecular weight excluding hydrogens is 298 g/mol. The summed E-state index contributed by atoms with van der Waals surface area (Å²) in [5.41, 5.74) is 0.819. The molecule has 0 aliphatic carbocycles. The van der Waals surface area contributed by atoms with E-state index in [2.05, 4.69) is 5.32 Å². The average Bonchev–Trinajstić information content (AvgIpc) is 2.56. The van der Waals surface area contributed by atoms with Gasteiger partial charge in [0.1, 0.15) is 0 Å². The van der Waals surface area contributed by atoms with Crippen LogP contribution in [-0.2, 0) is 14.6 Å². The van der Waals surface area contributed by atoms with Gasteiger partial charge in [0, 0.05) is 6.42 Å². The molecule has 1 aliphatic rings. The van der Waals surface area contributed by atoms with E-state index in [1.54, 1.807) is 30.3 Å². The maximum atomic E-state index is 12.9. The van der Waals surface area contributed by atoms with E-state index in [1.807, 2.05) is 30.3 Å². The number of rotatable bonds is 3.